The van der Waals surface area contributed by atoms with Gasteiger partial charge in [-0.1, -0.05) is 31.2 Å². The second kappa shape index (κ2) is 6.56. The van der Waals surface area contributed by atoms with Gasteiger partial charge in [0.05, 0.1) is 12.7 Å². The SMILES string of the molecule is CC(C)c1ccc(SCCn2cc(C(=O)O)nn2)cc1. The van der Waals surface area contributed by atoms with E-state index in [1.807, 2.05) is 0 Å². The van der Waals surface area contributed by atoms with Gasteiger partial charge in [-0.3, -0.25) is 4.68 Å². The van der Waals surface area contributed by atoms with Crippen LogP contribution in [0.15, 0.2) is 35.4 Å². The van der Waals surface area contributed by atoms with E-state index in [2.05, 4.69) is 48.4 Å². The van der Waals surface area contributed by atoms with Gasteiger partial charge in [0.15, 0.2) is 5.69 Å². The number of hydrogen-bond acceptors (Lipinski definition) is 4. The minimum atomic E-state index is -1.05. The summed E-state index contributed by atoms with van der Waals surface area (Å²) in [7, 11) is 0. The molecule has 0 radical (unpaired) electrons. The van der Waals surface area contributed by atoms with Crippen LogP contribution in [0.1, 0.15) is 35.8 Å². The van der Waals surface area contributed by atoms with Crippen molar-refractivity contribution in [2.45, 2.75) is 31.2 Å². The Balaban J connectivity index is 1.84. The number of hydrogen-bond donors (Lipinski definition) is 1. The van der Waals surface area contributed by atoms with Gasteiger partial charge in [-0.05, 0) is 23.6 Å². The highest BCUT2D eigenvalue weighted by atomic mass is 32.2. The Bertz CT molecular complexity index is 578. The lowest BCUT2D eigenvalue weighted by Gasteiger charge is -2.06. The molecule has 6 heteroatoms. The van der Waals surface area contributed by atoms with Crippen molar-refractivity contribution in [1.29, 1.82) is 0 Å². The molecule has 1 heterocycles. The van der Waals surface area contributed by atoms with E-state index in [4.69, 9.17) is 5.11 Å². The molecular weight excluding hydrogens is 274 g/mol. The van der Waals surface area contributed by atoms with Gasteiger partial charge < -0.3 is 5.11 Å². The quantitative estimate of drug-likeness (QED) is 0.829. The van der Waals surface area contributed by atoms with Gasteiger partial charge in [-0.2, -0.15) is 0 Å². The summed E-state index contributed by atoms with van der Waals surface area (Å²) in [6.07, 6.45) is 1.45. The summed E-state index contributed by atoms with van der Waals surface area (Å²) in [6.45, 7) is 4.98. The number of benzene rings is 1. The Morgan fingerprint density at radius 3 is 2.60 bits per heavy atom. The molecule has 5 nitrogen and oxygen atoms in total. The van der Waals surface area contributed by atoms with Crippen LogP contribution in [0.5, 0.6) is 0 Å². The molecule has 0 aliphatic carbocycles. The Kier molecular flexibility index (Phi) is 4.79. The minimum absolute atomic E-state index is 0.0173. The van der Waals surface area contributed by atoms with Crippen LogP contribution in [0.3, 0.4) is 0 Å². The fourth-order valence-electron chi connectivity index (χ4n) is 1.71. The molecule has 0 saturated carbocycles. The highest BCUT2D eigenvalue weighted by molar-refractivity contribution is 7.99. The lowest BCUT2D eigenvalue weighted by molar-refractivity contribution is 0.0690. The van der Waals surface area contributed by atoms with E-state index in [-0.39, 0.29) is 5.69 Å². The van der Waals surface area contributed by atoms with Gasteiger partial charge in [0, 0.05) is 10.6 Å². The number of aromatic nitrogens is 3. The third-order valence-corrected chi connectivity index (χ3v) is 3.89. The Morgan fingerprint density at radius 2 is 2.05 bits per heavy atom. The number of carboxylic acid groups (broad SMARTS) is 1. The van der Waals surface area contributed by atoms with Crippen molar-refractivity contribution in [2.24, 2.45) is 0 Å². The number of rotatable bonds is 6. The third-order valence-electron chi connectivity index (χ3n) is 2.89. The zero-order valence-electron chi connectivity index (χ0n) is 11.5. The van der Waals surface area contributed by atoms with Gasteiger partial charge in [0.1, 0.15) is 0 Å². The highest BCUT2D eigenvalue weighted by Crippen LogP contribution is 2.21. The van der Waals surface area contributed by atoms with E-state index in [0.29, 0.717) is 12.5 Å². The second-order valence-corrected chi connectivity index (χ2v) is 5.91. The van der Waals surface area contributed by atoms with Crippen LogP contribution in [0, 0.1) is 0 Å². The summed E-state index contributed by atoms with van der Waals surface area (Å²) in [5.41, 5.74) is 1.31. The summed E-state index contributed by atoms with van der Waals surface area (Å²) in [5, 5.41) is 16.1. The second-order valence-electron chi connectivity index (χ2n) is 4.74. The maximum atomic E-state index is 10.7. The standard InChI is InChI=1S/C14H17N3O2S/c1-10(2)11-3-5-12(6-4-11)20-8-7-17-9-13(14(18)19)15-16-17/h3-6,9-10H,7-8H2,1-2H3,(H,18,19). The maximum Gasteiger partial charge on any atom is 0.358 e. The van der Waals surface area contributed by atoms with E-state index >= 15 is 0 Å². The monoisotopic (exact) mass is 291 g/mol. The van der Waals surface area contributed by atoms with Crippen LogP contribution in [-0.4, -0.2) is 31.8 Å². The largest absolute Gasteiger partial charge is 0.476 e. The summed E-state index contributed by atoms with van der Waals surface area (Å²) in [4.78, 5) is 11.9. The van der Waals surface area contributed by atoms with Crippen molar-refractivity contribution in [3.8, 4) is 0 Å². The molecule has 106 valence electrons. The Morgan fingerprint density at radius 1 is 1.35 bits per heavy atom. The lowest BCUT2D eigenvalue weighted by Crippen LogP contribution is -2.01. The predicted molar refractivity (Wildman–Crippen MR) is 78.2 cm³/mol. The number of carboxylic acids is 1. The maximum absolute atomic E-state index is 10.7. The van der Waals surface area contributed by atoms with Gasteiger partial charge in [0.2, 0.25) is 0 Å². The first-order valence-electron chi connectivity index (χ1n) is 6.42. The van der Waals surface area contributed by atoms with Gasteiger partial charge >= 0.3 is 5.97 Å². The van der Waals surface area contributed by atoms with Crippen LogP contribution in [0.25, 0.3) is 0 Å². The first-order chi connectivity index (χ1) is 9.56. The van der Waals surface area contributed by atoms with Crippen molar-refractivity contribution in [3.05, 3.63) is 41.7 Å². The van der Waals surface area contributed by atoms with E-state index in [0.717, 1.165) is 5.75 Å². The van der Waals surface area contributed by atoms with Gasteiger partial charge in [0.25, 0.3) is 0 Å². The van der Waals surface area contributed by atoms with Crippen molar-refractivity contribution in [1.82, 2.24) is 15.0 Å². The molecule has 2 aromatic rings. The zero-order chi connectivity index (χ0) is 14.5. The Hall–Kier alpha value is -1.82. The zero-order valence-corrected chi connectivity index (χ0v) is 12.3. The summed E-state index contributed by atoms with van der Waals surface area (Å²) < 4.78 is 1.55. The van der Waals surface area contributed by atoms with Crippen molar-refractivity contribution in [2.75, 3.05) is 5.75 Å². The molecule has 1 N–H and O–H groups in total. The topological polar surface area (TPSA) is 68.0 Å². The molecule has 0 amide bonds. The van der Waals surface area contributed by atoms with Gasteiger partial charge in [-0.15, -0.1) is 16.9 Å². The Labute approximate surface area is 122 Å². The number of carbonyl (C=O) groups is 1. The summed E-state index contributed by atoms with van der Waals surface area (Å²) in [5.74, 6) is 0.315. The molecule has 1 aromatic heterocycles. The molecule has 2 rings (SSSR count). The highest BCUT2D eigenvalue weighted by Gasteiger charge is 2.07. The van der Waals surface area contributed by atoms with E-state index < -0.39 is 5.97 Å². The fourth-order valence-corrected chi connectivity index (χ4v) is 2.55. The molecular formula is C14H17N3O2S. The van der Waals surface area contributed by atoms with E-state index in [1.54, 1.807) is 16.4 Å². The number of aromatic carboxylic acids is 1. The molecule has 0 atom stereocenters. The molecule has 20 heavy (non-hydrogen) atoms. The first kappa shape index (κ1) is 14.6. The molecule has 0 fully saturated rings. The van der Waals surface area contributed by atoms with Crippen LogP contribution in [0.2, 0.25) is 0 Å². The number of aryl methyl sites for hydroxylation is 1. The van der Waals surface area contributed by atoms with E-state index in [1.165, 1.54) is 16.7 Å². The molecule has 0 bridgehead atoms. The van der Waals surface area contributed by atoms with Crippen LogP contribution >= 0.6 is 11.8 Å². The number of nitrogens with zero attached hydrogens (tertiary/aromatic N) is 3. The van der Waals surface area contributed by atoms with Gasteiger partial charge in [-0.25, -0.2) is 4.79 Å². The third kappa shape index (κ3) is 3.84. The average Bonchev–Trinajstić information content (AvgIpc) is 2.88. The molecule has 1 aromatic carbocycles. The summed E-state index contributed by atoms with van der Waals surface area (Å²) in [6, 6.07) is 8.52. The fraction of sp³-hybridized carbons (Fsp3) is 0.357. The van der Waals surface area contributed by atoms with Crippen molar-refractivity contribution >= 4 is 17.7 Å². The molecule has 0 unspecified atom stereocenters. The first-order valence-corrected chi connectivity index (χ1v) is 7.41. The molecule has 0 spiro atoms. The molecule has 0 aliphatic rings. The predicted octanol–water partition coefficient (Wildman–Crippen LogP) is 2.89. The van der Waals surface area contributed by atoms with Crippen LogP contribution in [-0.2, 0) is 6.54 Å². The van der Waals surface area contributed by atoms with Crippen LogP contribution in [0.4, 0.5) is 0 Å². The average molecular weight is 291 g/mol. The van der Waals surface area contributed by atoms with Crippen molar-refractivity contribution in [3.63, 3.8) is 0 Å². The van der Waals surface area contributed by atoms with Crippen molar-refractivity contribution < 1.29 is 9.90 Å². The minimum Gasteiger partial charge on any atom is -0.476 e. The molecule has 0 aliphatic heterocycles. The summed E-state index contributed by atoms with van der Waals surface area (Å²) >= 11 is 1.72. The normalized spacial score (nSPS) is 10.9. The molecule has 0 saturated heterocycles. The van der Waals surface area contributed by atoms with Crippen LogP contribution < -0.4 is 0 Å². The van der Waals surface area contributed by atoms with E-state index in [9.17, 15) is 4.79 Å². The number of thioether (sulfide) groups is 1. The lowest BCUT2D eigenvalue weighted by atomic mass is 10.0. The smallest absolute Gasteiger partial charge is 0.358 e.